The summed E-state index contributed by atoms with van der Waals surface area (Å²) in [5, 5.41) is 7.97. The van der Waals surface area contributed by atoms with Crippen LogP contribution in [0.25, 0.3) is 0 Å². The number of thiophene rings is 2. The van der Waals surface area contributed by atoms with E-state index < -0.39 is 0 Å². The predicted octanol–water partition coefficient (Wildman–Crippen LogP) is 4.73. The molecule has 0 aliphatic heterocycles. The molecule has 1 atom stereocenters. The summed E-state index contributed by atoms with van der Waals surface area (Å²) in [6, 6.07) is 4.69. The second-order valence-corrected chi connectivity index (χ2v) is 7.06. The van der Waals surface area contributed by atoms with Gasteiger partial charge in [0.15, 0.2) is 0 Å². The van der Waals surface area contributed by atoms with Gasteiger partial charge < -0.3 is 5.32 Å². The molecule has 4 heteroatoms. The first kappa shape index (κ1) is 12.3. The molecule has 0 spiro atoms. The van der Waals surface area contributed by atoms with Crippen LogP contribution in [0, 0.1) is 6.92 Å². The van der Waals surface area contributed by atoms with Crippen LogP contribution in [-0.4, -0.2) is 0 Å². The normalized spacial score (nSPS) is 12.9. The quantitative estimate of drug-likeness (QED) is 0.860. The predicted molar refractivity (Wildman–Crippen MR) is 76.3 cm³/mol. The molecule has 0 saturated carbocycles. The maximum absolute atomic E-state index is 3.55. The van der Waals surface area contributed by atoms with Crippen molar-refractivity contribution >= 4 is 38.6 Å². The van der Waals surface area contributed by atoms with Gasteiger partial charge in [0.05, 0.1) is 3.79 Å². The molecule has 2 aromatic heterocycles. The molecule has 0 fully saturated rings. The molecule has 0 amide bonds. The van der Waals surface area contributed by atoms with E-state index in [-0.39, 0.29) is 0 Å². The van der Waals surface area contributed by atoms with E-state index in [1.54, 1.807) is 22.7 Å². The van der Waals surface area contributed by atoms with Crippen molar-refractivity contribution in [2.45, 2.75) is 26.4 Å². The molecule has 16 heavy (non-hydrogen) atoms. The van der Waals surface area contributed by atoms with Crippen molar-refractivity contribution in [3.63, 3.8) is 0 Å². The van der Waals surface area contributed by atoms with Crippen molar-refractivity contribution in [3.05, 3.63) is 42.7 Å². The number of hydrogen-bond donors (Lipinski definition) is 1. The molecule has 1 nitrogen and oxygen atoms in total. The van der Waals surface area contributed by atoms with Gasteiger partial charge in [-0.3, -0.25) is 0 Å². The number of nitrogens with one attached hydrogen (secondary N) is 1. The third-order valence-corrected chi connectivity index (χ3v) is 5.30. The summed E-state index contributed by atoms with van der Waals surface area (Å²) >= 11 is 7.06. The van der Waals surface area contributed by atoms with Gasteiger partial charge >= 0.3 is 0 Å². The van der Waals surface area contributed by atoms with Crippen LogP contribution in [0.15, 0.2) is 26.7 Å². The minimum absolute atomic E-state index is 0.413. The van der Waals surface area contributed by atoms with Crippen LogP contribution in [-0.2, 0) is 6.54 Å². The van der Waals surface area contributed by atoms with E-state index in [0.717, 1.165) is 6.54 Å². The monoisotopic (exact) mass is 315 g/mol. The minimum atomic E-state index is 0.413. The molecule has 0 aromatic carbocycles. The van der Waals surface area contributed by atoms with Crippen molar-refractivity contribution in [2.75, 3.05) is 0 Å². The number of halogens is 1. The van der Waals surface area contributed by atoms with Crippen LogP contribution in [0.1, 0.15) is 29.0 Å². The minimum Gasteiger partial charge on any atom is -0.305 e. The van der Waals surface area contributed by atoms with E-state index >= 15 is 0 Å². The van der Waals surface area contributed by atoms with Crippen molar-refractivity contribution in [1.29, 1.82) is 0 Å². The number of rotatable bonds is 4. The Kier molecular flexibility index (Phi) is 4.19. The SMILES string of the molecule is Cc1cscc1CNC(C)c1ccc(Br)s1. The largest absolute Gasteiger partial charge is 0.305 e. The third kappa shape index (κ3) is 2.94. The Morgan fingerprint density at radius 3 is 2.75 bits per heavy atom. The Balaban J connectivity index is 1.93. The molecular weight excluding hydrogens is 302 g/mol. The zero-order valence-corrected chi connectivity index (χ0v) is 12.5. The highest BCUT2D eigenvalue weighted by atomic mass is 79.9. The Bertz CT molecular complexity index is 461. The topological polar surface area (TPSA) is 12.0 Å². The van der Waals surface area contributed by atoms with E-state index in [9.17, 15) is 0 Å². The van der Waals surface area contributed by atoms with Crippen molar-refractivity contribution in [1.82, 2.24) is 5.32 Å². The molecule has 2 rings (SSSR count). The summed E-state index contributed by atoms with van der Waals surface area (Å²) < 4.78 is 1.20. The molecule has 2 aromatic rings. The smallest absolute Gasteiger partial charge is 0.0701 e. The highest BCUT2D eigenvalue weighted by molar-refractivity contribution is 9.11. The van der Waals surface area contributed by atoms with Gasteiger partial charge in [-0.05, 0) is 63.8 Å². The Labute approximate surface area is 113 Å². The van der Waals surface area contributed by atoms with Gasteiger partial charge in [0.1, 0.15) is 0 Å². The Morgan fingerprint density at radius 1 is 1.38 bits per heavy atom. The zero-order valence-electron chi connectivity index (χ0n) is 9.29. The molecule has 2 heterocycles. The fourth-order valence-electron chi connectivity index (χ4n) is 1.49. The molecular formula is C12H14BrNS2. The average Bonchev–Trinajstić information content (AvgIpc) is 2.84. The van der Waals surface area contributed by atoms with Gasteiger partial charge in [-0.2, -0.15) is 11.3 Å². The van der Waals surface area contributed by atoms with Crippen LogP contribution in [0.3, 0.4) is 0 Å². The lowest BCUT2D eigenvalue weighted by atomic mass is 10.2. The first-order valence-electron chi connectivity index (χ1n) is 5.17. The van der Waals surface area contributed by atoms with Crippen LogP contribution in [0.4, 0.5) is 0 Å². The van der Waals surface area contributed by atoms with Crippen molar-refractivity contribution in [3.8, 4) is 0 Å². The molecule has 0 radical (unpaired) electrons. The van der Waals surface area contributed by atoms with Crippen LogP contribution >= 0.6 is 38.6 Å². The zero-order chi connectivity index (χ0) is 11.5. The van der Waals surface area contributed by atoms with Gasteiger partial charge in [0.2, 0.25) is 0 Å². The number of hydrogen-bond acceptors (Lipinski definition) is 3. The molecule has 86 valence electrons. The fraction of sp³-hybridized carbons (Fsp3) is 0.333. The highest BCUT2D eigenvalue weighted by Crippen LogP contribution is 2.27. The summed E-state index contributed by atoms with van der Waals surface area (Å²) in [6.45, 7) is 5.33. The van der Waals surface area contributed by atoms with Crippen LogP contribution < -0.4 is 5.32 Å². The van der Waals surface area contributed by atoms with E-state index in [1.807, 2.05) is 0 Å². The molecule has 0 aliphatic carbocycles. The first-order chi connectivity index (χ1) is 7.66. The van der Waals surface area contributed by atoms with Crippen molar-refractivity contribution < 1.29 is 0 Å². The average molecular weight is 316 g/mol. The Morgan fingerprint density at radius 2 is 2.19 bits per heavy atom. The third-order valence-electron chi connectivity index (χ3n) is 2.58. The molecule has 0 bridgehead atoms. The van der Waals surface area contributed by atoms with Gasteiger partial charge in [0.25, 0.3) is 0 Å². The number of aryl methyl sites for hydroxylation is 1. The van der Waals surface area contributed by atoms with E-state index in [0.29, 0.717) is 6.04 Å². The van der Waals surface area contributed by atoms with Gasteiger partial charge in [-0.15, -0.1) is 11.3 Å². The van der Waals surface area contributed by atoms with Crippen LogP contribution in [0.5, 0.6) is 0 Å². The van der Waals surface area contributed by atoms with E-state index in [2.05, 4.69) is 58.0 Å². The summed E-state index contributed by atoms with van der Waals surface area (Å²) in [5.74, 6) is 0. The standard InChI is InChI=1S/C12H14BrNS2/c1-8-6-15-7-10(8)5-14-9(2)11-3-4-12(13)16-11/h3-4,6-7,9,14H,5H2,1-2H3. The summed E-state index contributed by atoms with van der Waals surface area (Å²) in [7, 11) is 0. The van der Waals surface area contributed by atoms with Crippen LogP contribution in [0.2, 0.25) is 0 Å². The summed E-state index contributed by atoms with van der Waals surface area (Å²) in [4.78, 5) is 1.37. The summed E-state index contributed by atoms with van der Waals surface area (Å²) in [6.07, 6.45) is 0. The van der Waals surface area contributed by atoms with Crippen molar-refractivity contribution in [2.24, 2.45) is 0 Å². The lowest BCUT2D eigenvalue weighted by Crippen LogP contribution is -2.17. The maximum Gasteiger partial charge on any atom is 0.0701 e. The summed E-state index contributed by atoms with van der Waals surface area (Å²) in [5.41, 5.74) is 2.80. The van der Waals surface area contributed by atoms with Gasteiger partial charge in [-0.25, -0.2) is 0 Å². The molecule has 0 saturated heterocycles. The maximum atomic E-state index is 3.55. The van der Waals surface area contributed by atoms with Gasteiger partial charge in [0, 0.05) is 17.5 Å². The van der Waals surface area contributed by atoms with E-state index in [1.165, 1.54) is 19.8 Å². The molecule has 0 aliphatic rings. The highest BCUT2D eigenvalue weighted by Gasteiger charge is 2.08. The van der Waals surface area contributed by atoms with E-state index in [4.69, 9.17) is 0 Å². The second kappa shape index (κ2) is 5.45. The lowest BCUT2D eigenvalue weighted by molar-refractivity contribution is 0.582. The molecule has 1 unspecified atom stereocenters. The Hall–Kier alpha value is -0.160. The first-order valence-corrected chi connectivity index (χ1v) is 7.72. The lowest BCUT2D eigenvalue weighted by Gasteiger charge is -2.11. The van der Waals surface area contributed by atoms with Gasteiger partial charge in [-0.1, -0.05) is 0 Å². The second-order valence-electron chi connectivity index (χ2n) is 3.82. The molecule has 1 N–H and O–H groups in total. The fourth-order valence-corrected chi connectivity index (χ4v) is 3.80.